The van der Waals surface area contributed by atoms with Crippen LogP contribution in [-0.4, -0.2) is 45.6 Å². The minimum atomic E-state index is -0.843. The van der Waals surface area contributed by atoms with Gasteiger partial charge in [0.05, 0.1) is 29.3 Å². The smallest absolute Gasteiger partial charge is 0.329 e. The molecule has 2 heterocycles. The summed E-state index contributed by atoms with van der Waals surface area (Å²) < 4.78 is 16.6. The highest BCUT2D eigenvalue weighted by Crippen LogP contribution is 2.39. The Bertz CT molecular complexity index is 995. The fourth-order valence-corrected chi connectivity index (χ4v) is 4.31. The van der Waals surface area contributed by atoms with Crippen LogP contribution in [0, 0.1) is 18.7 Å². The summed E-state index contributed by atoms with van der Waals surface area (Å²) in [5.41, 5.74) is 0.402. The van der Waals surface area contributed by atoms with Crippen LogP contribution in [-0.2, 0) is 0 Å². The van der Waals surface area contributed by atoms with Gasteiger partial charge in [-0.15, -0.1) is 0 Å². The molecule has 0 spiro atoms. The average molecular weight is 377 g/mol. The Morgan fingerprint density at radius 3 is 2.74 bits per heavy atom. The van der Waals surface area contributed by atoms with Gasteiger partial charge in [-0.2, -0.15) is 0 Å². The molecule has 2 unspecified atom stereocenters. The predicted octanol–water partition coefficient (Wildman–Crippen LogP) is 1.04. The van der Waals surface area contributed by atoms with Crippen molar-refractivity contribution in [2.24, 2.45) is 5.92 Å². The van der Waals surface area contributed by atoms with Crippen molar-refractivity contribution in [2.45, 2.75) is 44.8 Å². The molecule has 3 N–H and O–H groups in total. The predicted molar refractivity (Wildman–Crippen MR) is 99.8 cm³/mol. The van der Waals surface area contributed by atoms with Crippen LogP contribution in [0.3, 0.4) is 0 Å². The lowest BCUT2D eigenvalue weighted by atomic mass is 9.92. The molecular formula is C19H24FN3O4. The molecule has 0 amide bonds. The van der Waals surface area contributed by atoms with Crippen LogP contribution in [0.25, 0.3) is 10.9 Å². The van der Waals surface area contributed by atoms with Crippen molar-refractivity contribution in [1.82, 2.24) is 9.55 Å². The largest absolute Gasteiger partial charge is 0.394 e. The topological polar surface area (TPSA) is 98.6 Å². The molecule has 1 aromatic heterocycles. The van der Waals surface area contributed by atoms with Crippen LogP contribution in [0.5, 0.6) is 0 Å². The summed E-state index contributed by atoms with van der Waals surface area (Å²) in [4.78, 5) is 28.8. The maximum Gasteiger partial charge on any atom is 0.329 e. The number of aromatic amines is 1. The molecular weight excluding hydrogens is 353 g/mol. The summed E-state index contributed by atoms with van der Waals surface area (Å²) in [6.45, 7) is 2.45. The first-order chi connectivity index (χ1) is 12.9. The van der Waals surface area contributed by atoms with Gasteiger partial charge >= 0.3 is 5.69 Å². The summed E-state index contributed by atoms with van der Waals surface area (Å²) in [7, 11) is 0. The van der Waals surface area contributed by atoms with Crippen molar-refractivity contribution >= 4 is 16.6 Å². The molecule has 146 valence electrons. The van der Waals surface area contributed by atoms with Crippen LogP contribution in [0.15, 0.2) is 15.7 Å². The van der Waals surface area contributed by atoms with Gasteiger partial charge in [-0.25, -0.2) is 9.18 Å². The van der Waals surface area contributed by atoms with E-state index in [9.17, 15) is 19.8 Å². The van der Waals surface area contributed by atoms with Gasteiger partial charge in [0.2, 0.25) is 0 Å². The zero-order valence-corrected chi connectivity index (χ0v) is 15.2. The van der Waals surface area contributed by atoms with Gasteiger partial charge in [0.1, 0.15) is 5.82 Å². The number of benzene rings is 1. The first-order valence-corrected chi connectivity index (χ1v) is 9.44. The van der Waals surface area contributed by atoms with Crippen molar-refractivity contribution in [2.75, 3.05) is 24.6 Å². The lowest BCUT2D eigenvalue weighted by Crippen LogP contribution is -2.42. The highest BCUT2D eigenvalue weighted by molar-refractivity contribution is 5.87. The minimum absolute atomic E-state index is 0.0409. The number of aromatic nitrogens is 2. The molecule has 7 nitrogen and oxygen atoms in total. The van der Waals surface area contributed by atoms with Crippen LogP contribution in [0.1, 0.15) is 37.3 Å². The number of rotatable bonds is 4. The van der Waals surface area contributed by atoms with Gasteiger partial charge in [0.15, 0.2) is 0 Å². The fraction of sp³-hybridized carbons (Fsp3) is 0.579. The number of piperidine rings is 1. The number of hydrogen-bond donors (Lipinski definition) is 3. The molecule has 1 saturated heterocycles. The molecule has 2 aromatic rings. The number of fused-ring (bicyclic) bond motifs is 1. The number of H-pyrrole nitrogens is 1. The first-order valence-electron chi connectivity index (χ1n) is 9.44. The van der Waals surface area contributed by atoms with Gasteiger partial charge in [0, 0.05) is 30.6 Å². The Labute approximate surface area is 155 Å². The summed E-state index contributed by atoms with van der Waals surface area (Å²) in [6.07, 6.45) is 2.41. The van der Waals surface area contributed by atoms with Crippen molar-refractivity contribution in [3.63, 3.8) is 0 Å². The number of anilines is 1. The van der Waals surface area contributed by atoms with E-state index >= 15 is 4.39 Å². The second-order valence-corrected chi connectivity index (χ2v) is 7.69. The maximum absolute atomic E-state index is 15.0. The molecule has 0 bridgehead atoms. The Balaban J connectivity index is 1.88. The van der Waals surface area contributed by atoms with Gasteiger partial charge < -0.3 is 15.1 Å². The van der Waals surface area contributed by atoms with Gasteiger partial charge in [-0.05, 0) is 38.7 Å². The first kappa shape index (κ1) is 18.2. The average Bonchev–Trinajstić information content (AvgIpc) is 3.47. The van der Waals surface area contributed by atoms with E-state index in [1.54, 1.807) is 11.5 Å². The third-order valence-corrected chi connectivity index (χ3v) is 5.80. The Morgan fingerprint density at radius 2 is 2.07 bits per heavy atom. The van der Waals surface area contributed by atoms with Crippen molar-refractivity contribution in [3.05, 3.63) is 38.3 Å². The SMILES string of the molecule is Cc1c(N2CCCC(C(O)CO)C2)c(F)cc2c(=O)[nH]c(=O)n(C3CC3)c12. The molecule has 0 radical (unpaired) electrons. The molecule has 2 atom stereocenters. The third-order valence-electron chi connectivity index (χ3n) is 5.80. The second kappa shape index (κ2) is 6.76. The highest BCUT2D eigenvalue weighted by Gasteiger charge is 2.31. The zero-order chi connectivity index (χ0) is 19.3. The Hall–Kier alpha value is -2.19. The lowest BCUT2D eigenvalue weighted by Gasteiger charge is -2.37. The minimum Gasteiger partial charge on any atom is -0.394 e. The molecule has 1 aliphatic carbocycles. The van der Waals surface area contributed by atoms with Crippen LogP contribution < -0.4 is 16.1 Å². The zero-order valence-electron chi connectivity index (χ0n) is 15.2. The van der Waals surface area contributed by atoms with Crippen molar-refractivity contribution in [1.29, 1.82) is 0 Å². The quantitative estimate of drug-likeness (QED) is 0.740. The number of aryl methyl sites for hydroxylation is 1. The molecule has 4 rings (SSSR count). The fourth-order valence-electron chi connectivity index (χ4n) is 4.31. The van der Waals surface area contributed by atoms with E-state index in [0.29, 0.717) is 29.9 Å². The van der Waals surface area contributed by atoms with E-state index in [2.05, 4.69) is 4.98 Å². The summed E-state index contributed by atoms with van der Waals surface area (Å²) in [5, 5.41) is 19.4. The van der Waals surface area contributed by atoms with E-state index in [4.69, 9.17) is 0 Å². The molecule has 2 aliphatic rings. The second-order valence-electron chi connectivity index (χ2n) is 7.69. The van der Waals surface area contributed by atoms with Gasteiger partial charge in [0.25, 0.3) is 5.56 Å². The van der Waals surface area contributed by atoms with E-state index in [1.165, 1.54) is 6.07 Å². The molecule has 8 heteroatoms. The number of nitrogens with zero attached hydrogens (tertiary/aromatic N) is 2. The van der Waals surface area contributed by atoms with Crippen LogP contribution in [0.4, 0.5) is 10.1 Å². The third kappa shape index (κ3) is 3.06. The number of halogens is 1. The molecule has 1 aliphatic heterocycles. The van der Waals surface area contributed by atoms with Crippen molar-refractivity contribution < 1.29 is 14.6 Å². The van der Waals surface area contributed by atoms with Gasteiger partial charge in [-0.1, -0.05) is 0 Å². The normalized spacial score (nSPS) is 21.6. The molecule has 2 fully saturated rings. The highest BCUT2D eigenvalue weighted by atomic mass is 19.1. The Kier molecular flexibility index (Phi) is 4.55. The summed E-state index contributed by atoms with van der Waals surface area (Å²) in [5.74, 6) is -0.659. The van der Waals surface area contributed by atoms with Gasteiger partial charge in [-0.3, -0.25) is 14.3 Å². The van der Waals surface area contributed by atoms with E-state index in [1.807, 2.05) is 4.90 Å². The number of hydrogen-bond acceptors (Lipinski definition) is 5. The Morgan fingerprint density at radius 1 is 1.33 bits per heavy atom. The maximum atomic E-state index is 15.0. The standard InChI is InChI=1S/C19H24FN3O4/c1-10-16-13(18(26)21-19(27)23(16)12-4-5-12)7-14(20)17(10)22-6-2-3-11(8-22)15(25)9-24/h7,11-12,15,24-25H,2-6,8-9H2,1H3,(H,21,26,27). The number of aliphatic hydroxyl groups excluding tert-OH is 2. The summed E-state index contributed by atoms with van der Waals surface area (Å²) >= 11 is 0. The monoisotopic (exact) mass is 377 g/mol. The van der Waals surface area contributed by atoms with Crippen LogP contribution >= 0.6 is 0 Å². The van der Waals surface area contributed by atoms with E-state index < -0.39 is 23.2 Å². The summed E-state index contributed by atoms with van der Waals surface area (Å²) in [6, 6.07) is 1.25. The van der Waals surface area contributed by atoms with Crippen molar-refractivity contribution in [3.8, 4) is 0 Å². The van der Waals surface area contributed by atoms with Crippen LogP contribution in [0.2, 0.25) is 0 Å². The lowest BCUT2D eigenvalue weighted by molar-refractivity contribution is 0.0413. The molecule has 1 saturated carbocycles. The molecule has 27 heavy (non-hydrogen) atoms. The van der Waals surface area contributed by atoms with E-state index in [-0.39, 0.29) is 24.0 Å². The van der Waals surface area contributed by atoms with E-state index in [0.717, 1.165) is 25.7 Å². The number of aliphatic hydroxyl groups is 2. The number of nitrogens with one attached hydrogen (secondary N) is 1. The molecule has 1 aromatic carbocycles.